The molecule has 39 heavy (non-hydrogen) atoms. The fraction of sp³-hybridized carbons (Fsp3) is 0.172. The van der Waals surface area contributed by atoms with Crippen LogP contribution in [0.15, 0.2) is 76.3 Å². The minimum atomic E-state index is -0.665. The molecule has 0 saturated heterocycles. The number of nitrogens with zero attached hydrogens (tertiary/aromatic N) is 2. The Morgan fingerprint density at radius 2 is 1.69 bits per heavy atom. The zero-order chi connectivity index (χ0) is 27.7. The molecule has 0 aliphatic rings. The summed E-state index contributed by atoms with van der Waals surface area (Å²) in [5.41, 5.74) is 1.37. The summed E-state index contributed by atoms with van der Waals surface area (Å²) in [5, 5.41) is 3.52. The van der Waals surface area contributed by atoms with Gasteiger partial charge in [0.1, 0.15) is 17.0 Å². The van der Waals surface area contributed by atoms with Crippen molar-refractivity contribution in [1.82, 2.24) is 9.13 Å². The van der Waals surface area contributed by atoms with E-state index in [0.29, 0.717) is 32.6 Å². The average molecular weight is 544 g/mol. The topological polar surface area (TPSA) is 109 Å². The summed E-state index contributed by atoms with van der Waals surface area (Å²) >= 11 is 1.25. The van der Waals surface area contributed by atoms with Gasteiger partial charge in [0.25, 0.3) is 5.56 Å². The van der Waals surface area contributed by atoms with Gasteiger partial charge in [0, 0.05) is 10.1 Å². The fourth-order valence-corrected chi connectivity index (χ4v) is 5.71. The molecule has 2 aromatic heterocycles. The van der Waals surface area contributed by atoms with Crippen LogP contribution in [0.5, 0.6) is 5.75 Å². The van der Waals surface area contributed by atoms with Crippen molar-refractivity contribution < 1.29 is 19.1 Å². The van der Waals surface area contributed by atoms with Crippen molar-refractivity contribution in [3.63, 3.8) is 0 Å². The number of carbonyl (C=O) groups is 2. The number of benzene rings is 3. The van der Waals surface area contributed by atoms with Crippen molar-refractivity contribution in [3.8, 4) is 5.75 Å². The zero-order valence-electron chi connectivity index (χ0n) is 21.5. The van der Waals surface area contributed by atoms with Crippen LogP contribution in [0.1, 0.15) is 21.5 Å². The van der Waals surface area contributed by atoms with E-state index in [4.69, 9.17) is 9.47 Å². The summed E-state index contributed by atoms with van der Waals surface area (Å²) in [5.74, 6) is -0.546. The monoisotopic (exact) mass is 543 g/mol. The second kappa shape index (κ2) is 10.6. The number of carbonyl (C=O) groups excluding carboxylic acids is 2. The van der Waals surface area contributed by atoms with E-state index in [1.807, 2.05) is 37.3 Å². The van der Waals surface area contributed by atoms with E-state index >= 15 is 0 Å². The Kier molecular flexibility index (Phi) is 7.03. The Labute approximate surface area is 226 Å². The Hall–Kier alpha value is -4.70. The van der Waals surface area contributed by atoms with Gasteiger partial charge in [-0.15, -0.1) is 11.3 Å². The number of ether oxygens (including phenoxy) is 2. The summed E-state index contributed by atoms with van der Waals surface area (Å²) < 4.78 is 13.8. The summed E-state index contributed by atoms with van der Waals surface area (Å²) in [7, 11) is 2.78. The van der Waals surface area contributed by atoms with Crippen LogP contribution in [0, 0.1) is 6.92 Å². The van der Waals surface area contributed by atoms with Crippen molar-refractivity contribution >= 4 is 49.2 Å². The van der Waals surface area contributed by atoms with Crippen molar-refractivity contribution in [3.05, 3.63) is 104 Å². The lowest BCUT2D eigenvalue weighted by Gasteiger charge is -2.15. The smallest absolute Gasteiger partial charge is 0.338 e. The molecule has 0 saturated carbocycles. The van der Waals surface area contributed by atoms with E-state index in [9.17, 15) is 19.2 Å². The molecule has 0 aliphatic heterocycles. The number of amides is 1. The molecule has 1 N–H and O–H groups in total. The van der Waals surface area contributed by atoms with Crippen LogP contribution in [-0.4, -0.2) is 35.2 Å². The first-order valence-electron chi connectivity index (χ1n) is 12.1. The normalized spacial score (nSPS) is 11.1. The largest absolute Gasteiger partial charge is 0.495 e. The summed E-state index contributed by atoms with van der Waals surface area (Å²) in [4.78, 5) is 53.1. The molecule has 5 aromatic rings. The lowest BCUT2D eigenvalue weighted by atomic mass is 10.1. The number of hydrogen-bond acceptors (Lipinski definition) is 7. The van der Waals surface area contributed by atoms with E-state index in [0.717, 1.165) is 14.8 Å². The van der Waals surface area contributed by atoms with E-state index < -0.39 is 23.1 Å². The standard InChI is InChI=1S/C29H25N3O6S/c1-17-12-13-21(22(14-17)37-2)30-24(33)16-31-25-20-10-6-7-11-23(20)39-26(25)27(34)32(29(31)36)15-18-8-4-5-9-19(18)28(35)38-3/h4-14H,15-16H2,1-3H3,(H,30,33). The van der Waals surface area contributed by atoms with E-state index in [2.05, 4.69) is 5.32 Å². The third kappa shape index (κ3) is 4.82. The van der Waals surface area contributed by atoms with Crippen LogP contribution < -0.4 is 21.3 Å². The van der Waals surface area contributed by atoms with Crippen LogP contribution in [0.4, 0.5) is 5.69 Å². The molecule has 0 radical (unpaired) electrons. The molecule has 2 heterocycles. The number of esters is 1. The highest BCUT2D eigenvalue weighted by Gasteiger charge is 2.22. The van der Waals surface area contributed by atoms with Crippen LogP contribution in [0.2, 0.25) is 0 Å². The predicted octanol–water partition coefficient (Wildman–Crippen LogP) is 4.17. The maximum Gasteiger partial charge on any atom is 0.338 e. The molecule has 10 heteroatoms. The average Bonchev–Trinajstić information content (AvgIpc) is 3.34. The number of fused-ring (bicyclic) bond motifs is 3. The summed E-state index contributed by atoms with van der Waals surface area (Å²) in [6.07, 6.45) is 0. The van der Waals surface area contributed by atoms with Crippen molar-refractivity contribution in [2.24, 2.45) is 0 Å². The molecule has 5 rings (SSSR count). The van der Waals surface area contributed by atoms with Gasteiger partial charge in [0.2, 0.25) is 5.91 Å². The van der Waals surface area contributed by atoms with Crippen LogP contribution >= 0.6 is 11.3 Å². The molecule has 0 unspecified atom stereocenters. The molecule has 0 spiro atoms. The molecule has 3 aromatic carbocycles. The Bertz CT molecular complexity index is 1870. The van der Waals surface area contributed by atoms with Crippen LogP contribution in [0.3, 0.4) is 0 Å². The number of thiophene rings is 1. The number of hydrogen-bond donors (Lipinski definition) is 1. The number of aromatic nitrogens is 2. The molecule has 0 aliphatic carbocycles. The van der Waals surface area contributed by atoms with E-state index in [1.165, 1.54) is 30.1 Å². The molecule has 9 nitrogen and oxygen atoms in total. The van der Waals surface area contributed by atoms with Gasteiger partial charge in [-0.3, -0.25) is 18.7 Å². The number of nitrogens with one attached hydrogen (secondary N) is 1. The Morgan fingerprint density at radius 1 is 0.949 bits per heavy atom. The third-order valence-electron chi connectivity index (χ3n) is 6.42. The first kappa shape index (κ1) is 25.9. The first-order chi connectivity index (χ1) is 18.8. The number of methoxy groups -OCH3 is 2. The van der Waals surface area contributed by atoms with Crippen molar-refractivity contribution in [2.75, 3.05) is 19.5 Å². The van der Waals surface area contributed by atoms with Gasteiger partial charge in [-0.1, -0.05) is 42.5 Å². The SMILES string of the molecule is COC(=O)c1ccccc1Cn1c(=O)c2sc3ccccc3c2n(CC(=O)Nc2ccc(C)cc2OC)c1=O. The van der Waals surface area contributed by atoms with Crippen LogP contribution in [0.25, 0.3) is 20.3 Å². The second-order valence-electron chi connectivity index (χ2n) is 8.94. The molecule has 0 bridgehead atoms. The number of rotatable bonds is 7. The van der Waals surface area contributed by atoms with Gasteiger partial charge in [-0.2, -0.15) is 0 Å². The zero-order valence-corrected chi connectivity index (χ0v) is 22.3. The number of anilines is 1. The molecular weight excluding hydrogens is 518 g/mol. The Balaban J connectivity index is 1.65. The van der Waals surface area contributed by atoms with Gasteiger partial charge >= 0.3 is 11.7 Å². The molecule has 0 fully saturated rings. The minimum Gasteiger partial charge on any atom is -0.495 e. The van der Waals surface area contributed by atoms with Gasteiger partial charge in [-0.25, -0.2) is 9.59 Å². The van der Waals surface area contributed by atoms with E-state index in [1.54, 1.807) is 36.4 Å². The number of aryl methyl sites for hydroxylation is 1. The molecular formula is C29H25N3O6S. The quantitative estimate of drug-likeness (QED) is 0.309. The highest BCUT2D eigenvalue weighted by Crippen LogP contribution is 2.31. The molecule has 0 atom stereocenters. The summed E-state index contributed by atoms with van der Waals surface area (Å²) in [6, 6.07) is 19.3. The highest BCUT2D eigenvalue weighted by atomic mass is 32.1. The predicted molar refractivity (Wildman–Crippen MR) is 151 cm³/mol. The first-order valence-corrected chi connectivity index (χ1v) is 12.9. The lowest BCUT2D eigenvalue weighted by Crippen LogP contribution is -2.41. The highest BCUT2D eigenvalue weighted by molar-refractivity contribution is 7.25. The maximum atomic E-state index is 13.9. The van der Waals surface area contributed by atoms with Gasteiger partial charge < -0.3 is 14.8 Å². The third-order valence-corrected chi connectivity index (χ3v) is 7.57. The minimum absolute atomic E-state index is 0.166. The fourth-order valence-electron chi connectivity index (χ4n) is 4.55. The van der Waals surface area contributed by atoms with Crippen molar-refractivity contribution in [2.45, 2.75) is 20.0 Å². The van der Waals surface area contributed by atoms with Gasteiger partial charge in [0.05, 0.1) is 37.5 Å². The second-order valence-corrected chi connectivity index (χ2v) is 9.99. The van der Waals surface area contributed by atoms with Gasteiger partial charge in [0.15, 0.2) is 0 Å². The maximum absolute atomic E-state index is 13.9. The van der Waals surface area contributed by atoms with E-state index in [-0.39, 0.29) is 18.7 Å². The molecule has 1 amide bonds. The van der Waals surface area contributed by atoms with Crippen molar-refractivity contribution in [1.29, 1.82) is 0 Å². The summed E-state index contributed by atoms with van der Waals surface area (Å²) in [6.45, 7) is 1.40. The molecule has 198 valence electrons. The van der Waals surface area contributed by atoms with Crippen LogP contribution in [-0.2, 0) is 22.6 Å². The van der Waals surface area contributed by atoms with Gasteiger partial charge in [-0.05, 0) is 42.3 Å². The lowest BCUT2D eigenvalue weighted by molar-refractivity contribution is -0.116. The Morgan fingerprint density at radius 3 is 2.46 bits per heavy atom.